The molecule has 0 aromatic carbocycles. The molecule has 2 N–H and O–H groups in total. The van der Waals surface area contributed by atoms with Crippen molar-refractivity contribution in [1.29, 1.82) is 0 Å². The van der Waals surface area contributed by atoms with Gasteiger partial charge in [-0.15, -0.1) is 11.3 Å². The van der Waals surface area contributed by atoms with Crippen LogP contribution in [0, 0.1) is 11.7 Å². The minimum Gasteiger partial charge on any atom is -0.481 e. The Labute approximate surface area is 84.8 Å². The minimum absolute atomic E-state index is 0.381. The van der Waals surface area contributed by atoms with Crippen LogP contribution in [0.3, 0.4) is 0 Å². The van der Waals surface area contributed by atoms with Gasteiger partial charge in [0.25, 0.3) is 0 Å². The lowest BCUT2D eigenvalue weighted by Gasteiger charge is -2.16. The number of aliphatic hydroxyl groups is 1. The Morgan fingerprint density at radius 1 is 1.71 bits per heavy atom. The van der Waals surface area contributed by atoms with Crippen LogP contribution >= 0.6 is 11.3 Å². The van der Waals surface area contributed by atoms with E-state index in [4.69, 9.17) is 10.2 Å². The van der Waals surface area contributed by atoms with Crippen molar-refractivity contribution in [3.8, 4) is 0 Å². The molecule has 1 aromatic rings. The van der Waals surface area contributed by atoms with Gasteiger partial charge < -0.3 is 10.2 Å². The van der Waals surface area contributed by atoms with E-state index in [2.05, 4.69) is 0 Å². The first kappa shape index (κ1) is 11.1. The molecule has 1 unspecified atom stereocenters. The lowest BCUT2D eigenvalue weighted by atomic mass is 9.93. The first-order valence-electron chi connectivity index (χ1n) is 4.14. The molecule has 0 saturated heterocycles. The molecule has 0 aliphatic carbocycles. The van der Waals surface area contributed by atoms with Gasteiger partial charge in [0.05, 0.1) is 12.5 Å². The second-order valence-corrected chi connectivity index (χ2v) is 4.00. The first-order valence-corrected chi connectivity index (χ1v) is 5.02. The number of carboxylic acid groups (broad SMARTS) is 1. The van der Waals surface area contributed by atoms with E-state index in [0.29, 0.717) is 4.88 Å². The lowest BCUT2D eigenvalue weighted by Crippen LogP contribution is -2.23. The smallest absolute Gasteiger partial charge is 0.309 e. The van der Waals surface area contributed by atoms with Crippen LogP contribution in [-0.4, -0.2) is 22.8 Å². The Bertz CT molecular complexity index is 324. The van der Waals surface area contributed by atoms with E-state index in [9.17, 15) is 9.18 Å². The maximum absolute atomic E-state index is 13.1. The summed E-state index contributed by atoms with van der Waals surface area (Å²) < 4.78 is 13.1. The van der Waals surface area contributed by atoms with Crippen LogP contribution in [0.4, 0.5) is 4.39 Å². The number of carbonyl (C=O) groups is 1. The Balaban J connectivity index is 2.88. The lowest BCUT2D eigenvalue weighted by molar-refractivity contribution is -0.143. The normalized spacial score (nSPS) is 15.1. The van der Waals surface area contributed by atoms with E-state index in [1.165, 1.54) is 17.4 Å². The third-order valence-corrected chi connectivity index (χ3v) is 3.27. The fraction of sp³-hybridized carbons (Fsp3) is 0.444. The predicted octanol–water partition coefficient (Wildman–Crippen LogP) is 1.68. The molecule has 0 amide bonds. The van der Waals surface area contributed by atoms with Crippen LogP contribution in [-0.2, 0) is 4.79 Å². The van der Waals surface area contributed by atoms with E-state index < -0.39 is 30.2 Å². The number of thiophene rings is 1. The molecule has 78 valence electrons. The van der Waals surface area contributed by atoms with Gasteiger partial charge in [-0.1, -0.05) is 6.92 Å². The van der Waals surface area contributed by atoms with E-state index >= 15 is 0 Å². The molecule has 14 heavy (non-hydrogen) atoms. The number of carboxylic acids is 1. The number of hydrogen-bond donors (Lipinski definition) is 2. The Kier molecular flexibility index (Phi) is 3.60. The highest BCUT2D eigenvalue weighted by Crippen LogP contribution is 2.30. The molecule has 1 heterocycles. The third kappa shape index (κ3) is 2.10. The molecular formula is C9H11FO3S. The van der Waals surface area contributed by atoms with Crippen molar-refractivity contribution in [2.75, 3.05) is 6.61 Å². The number of rotatable bonds is 4. The summed E-state index contributed by atoms with van der Waals surface area (Å²) in [6, 6.07) is 1.30. The monoisotopic (exact) mass is 218 g/mol. The molecular weight excluding hydrogens is 207 g/mol. The third-order valence-electron chi connectivity index (χ3n) is 2.18. The van der Waals surface area contributed by atoms with Gasteiger partial charge in [-0.05, 0) is 11.4 Å². The molecule has 0 aliphatic rings. The minimum atomic E-state index is -1.10. The van der Waals surface area contributed by atoms with Crippen LogP contribution in [0.5, 0.6) is 0 Å². The number of aliphatic hydroxyl groups excluding tert-OH is 1. The van der Waals surface area contributed by atoms with Crippen molar-refractivity contribution < 1.29 is 19.4 Å². The van der Waals surface area contributed by atoms with Crippen LogP contribution < -0.4 is 0 Å². The zero-order chi connectivity index (χ0) is 10.7. The van der Waals surface area contributed by atoms with Crippen molar-refractivity contribution >= 4 is 17.3 Å². The first-order chi connectivity index (χ1) is 6.57. The molecule has 0 fully saturated rings. The second kappa shape index (κ2) is 4.52. The molecule has 2 atom stereocenters. The molecule has 1 rings (SSSR count). The quantitative estimate of drug-likeness (QED) is 0.808. The molecule has 5 heteroatoms. The zero-order valence-electron chi connectivity index (χ0n) is 7.61. The second-order valence-electron chi connectivity index (χ2n) is 3.05. The highest BCUT2D eigenvalue weighted by atomic mass is 32.1. The molecule has 0 radical (unpaired) electrons. The summed E-state index contributed by atoms with van der Waals surface area (Å²) in [6.45, 7) is 1.12. The van der Waals surface area contributed by atoms with Gasteiger partial charge in [0, 0.05) is 10.8 Å². The van der Waals surface area contributed by atoms with E-state index in [-0.39, 0.29) is 0 Å². The summed E-state index contributed by atoms with van der Waals surface area (Å²) >= 11 is 1.17. The summed E-state index contributed by atoms with van der Waals surface area (Å²) in [5.74, 6) is -2.95. The topological polar surface area (TPSA) is 57.5 Å². The summed E-state index contributed by atoms with van der Waals surface area (Å²) in [6.07, 6.45) is 0. The van der Waals surface area contributed by atoms with Crippen LogP contribution in [0.15, 0.2) is 11.4 Å². The Hall–Kier alpha value is -0.940. The fourth-order valence-electron chi connectivity index (χ4n) is 1.26. The van der Waals surface area contributed by atoms with Crippen LogP contribution in [0.2, 0.25) is 0 Å². The molecule has 0 aliphatic heterocycles. The summed E-state index contributed by atoms with van der Waals surface area (Å²) in [7, 11) is 0. The van der Waals surface area contributed by atoms with Crippen molar-refractivity contribution in [3.05, 3.63) is 22.1 Å². The van der Waals surface area contributed by atoms with E-state index in [1.807, 2.05) is 0 Å². The maximum Gasteiger partial charge on any atom is 0.309 e. The van der Waals surface area contributed by atoms with Crippen molar-refractivity contribution in [2.24, 2.45) is 5.92 Å². The summed E-state index contributed by atoms with van der Waals surface area (Å²) in [5, 5.41) is 19.2. The number of aliphatic carboxylic acids is 1. The van der Waals surface area contributed by atoms with Gasteiger partial charge in [0.15, 0.2) is 0 Å². The maximum atomic E-state index is 13.1. The van der Waals surface area contributed by atoms with Gasteiger partial charge in [0.1, 0.15) is 5.82 Å². The summed E-state index contributed by atoms with van der Waals surface area (Å²) in [5.41, 5.74) is 0. The zero-order valence-corrected chi connectivity index (χ0v) is 8.42. The summed E-state index contributed by atoms with van der Waals surface area (Å²) in [4.78, 5) is 11.1. The largest absolute Gasteiger partial charge is 0.481 e. The highest BCUT2D eigenvalue weighted by Gasteiger charge is 2.27. The average Bonchev–Trinajstić information content (AvgIpc) is 2.51. The molecule has 0 spiro atoms. The molecule has 0 saturated carbocycles. The standard InChI is InChI=1S/C9H11FO3S/c1-5(6(4-11)9(12)13)8-7(10)2-3-14-8/h2-3,5-6,11H,4H2,1H3,(H,12,13)/t5?,6-/m0/s1. The number of halogens is 1. The SMILES string of the molecule is CC(c1sccc1F)[C@H](CO)C(=O)O. The van der Waals surface area contributed by atoms with Crippen molar-refractivity contribution in [2.45, 2.75) is 12.8 Å². The predicted molar refractivity (Wildman–Crippen MR) is 50.9 cm³/mol. The molecule has 3 nitrogen and oxygen atoms in total. The van der Waals surface area contributed by atoms with Gasteiger partial charge in [-0.25, -0.2) is 4.39 Å². The molecule has 1 aromatic heterocycles. The van der Waals surface area contributed by atoms with Gasteiger partial charge in [0.2, 0.25) is 0 Å². The number of hydrogen-bond acceptors (Lipinski definition) is 3. The Morgan fingerprint density at radius 2 is 2.36 bits per heavy atom. The fourth-order valence-corrected chi connectivity index (χ4v) is 2.16. The van der Waals surface area contributed by atoms with Crippen molar-refractivity contribution in [3.63, 3.8) is 0 Å². The molecule has 0 bridgehead atoms. The van der Waals surface area contributed by atoms with Gasteiger partial charge in [-0.2, -0.15) is 0 Å². The van der Waals surface area contributed by atoms with Gasteiger partial charge >= 0.3 is 5.97 Å². The van der Waals surface area contributed by atoms with E-state index in [1.54, 1.807) is 12.3 Å². The average molecular weight is 218 g/mol. The van der Waals surface area contributed by atoms with Gasteiger partial charge in [-0.3, -0.25) is 4.79 Å². The van der Waals surface area contributed by atoms with Crippen LogP contribution in [0.25, 0.3) is 0 Å². The van der Waals surface area contributed by atoms with E-state index in [0.717, 1.165) is 0 Å². The van der Waals surface area contributed by atoms with Crippen molar-refractivity contribution in [1.82, 2.24) is 0 Å². The Morgan fingerprint density at radius 3 is 2.71 bits per heavy atom. The van der Waals surface area contributed by atoms with Crippen LogP contribution in [0.1, 0.15) is 17.7 Å². The highest BCUT2D eigenvalue weighted by molar-refractivity contribution is 7.10.